The Morgan fingerprint density at radius 3 is 2.29 bits per heavy atom. The molecule has 1 aromatic rings. The summed E-state index contributed by atoms with van der Waals surface area (Å²) >= 11 is 0. The molecule has 6 rings (SSSR count). The fraction of sp³-hybridized carbons (Fsp3) is 0.708. The van der Waals surface area contributed by atoms with Crippen molar-refractivity contribution in [2.24, 2.45) is 23.2 Å². The van der Waals surface area contributed by atoms with Crippen LogP contribution in [-0.2, 0) is 4.79 Å². The molecule has 1 aromatic carbocycles. The monoisotopic (exact) mass is 381 g/mol. The van der Waals surface area contributed by atoms with Crippen LogP contribution in [0.25, 0.3) is 0 Å². The molecule has 5 aliphatic rings. The molecule has 4 heteroatoms. The summed E-state index contributed by atoms with van der Waals surface area (Å²) in [7, 11) is 2.05. The van der Waals surface area contributed by atoms with Crippen LogP contribution in [0.1, 0.15) is 69.4 Å². The molecule has 2 N–H and O–H groups in total. The molecule has 4 bridgehead atoms. The molecule has 2 atom stereocenters. The van der Waals surface area contributed by atoms with E-state index in [2.05, 4.69) is 46.1 Å². The summed E-state index contributed by atoms with van der Waals surface area (Å²) in [5.41, 5.74) is 8.27. The molecule has 1 saturated heterocycles. The van der Waals surface area contributed by atoms with Gasteiger partial charge in [0.15, 0.2) is 0 Å². The highest BCUT2D eigenvalue weighted by Gasteiger charge is 2.55. The molecular weight excluding hydrogens is 346 g/mol. The third-order valence-corrected chi connectivity index (χ3v) is 8.07. The highest BCUT2D eigenvalue weighted by molar-refractivity contribution is 5.83. The van der Waals surface area contributed by atoms with E-state index in [0.717, 1.165) is 43.6 Å². The Labute approximate surface area is 169 Å². The number of amides is 1. The standard InChI is InChI=1S/C24H35N3O/c1-27(23(28)24-14-17-10-18(15-24)12-19(11-17)16-24)9-5-8-21-13-22(26-25-21)20-6-3-2-4-7-20/h2-4,6-7,17-19,21-22,25-26H,5,8-16H2,1H3. The van der Waals surface area contributed by atoms with E-state index in [9.17, 15) is 4.79 Å². The number of carbonyl (C=O) groups excluding carboxylic acids is 1. The van der Waals surface area contributed by atoms with Crippen molar-refractivity contribution in [2.75, 3.05) is 13.6 Å². The van der Waals surface area contributed by atoms with Gasteiger partial charge in [0.05, 0.1) is 5.41 Å². The SMILES string of the molecule is CN(CCCC1CC(c2ccccc2)NN1)C(=O)C12CC3CC(CC(C3)C1)C2. The van der Waals surface area contributed by atoms with Crippen molar-refractivity contribution in [3.8, 4) is 0 Å². The van der Waals surface area contributed by atoms with Crippen molar-refractivity contribution in [1.29, 1.82) is 0 Å². The van der Waals surface area contributed by atoms with Gasteiger partial charge in [-0.05, 0) is 81.1 Å². The summed E-state index contributed by atoms with van der Waals surface area (Å²) in [5.74, 6) is 2.98. The van der Waals surface area contributed by atoms with Crippen LogP contribution in [0.4, 0.5) is 0 Å². The zero-order valence-corrected chi connectivity index (χ0v) is 17.2. The summed E-state index contributed by atoms with van der Waals surface area (Å²) in [5, 5.41) is 0. The molecule has 1 amide bonds. The molecule has 28 heavy (non-hydrogen) atoms. The van der Waals surface area contributed by atoms with Crippen LogP contribution >= 0.6 is 0 Å². The maximum absolute atomic E-state index is 13.4. The zero-order valence-electron chi connectivity index (χ0n) is 17.2. The van der Waals surface area contributed by atoms with Crippen molar-refractivity contribution >= 4 is 5.91 Å². The minimum absolute atomic E-state index is 0.00900. The van der Waals surface area contributed by atoms with E-state index < -0.39 is 0 Å². The molecule has 1 aliphatic heterocycles. The topological polar surface area (TPSA) is 44.4 Å². The van der Waals surface area contributed by atoms with Gasteiger partial charge in [-0.15, -0.1) is 0 Å². The fourth-order valence-electron chi connectivity index (χ4n) is 7.17. The molecule has 2 unspecified atom stereocenters. The Balaban J connectivity index is 1.10. The van der Waals surface area contributed by atoms with Crippen molar-refractivity contribution in [3.05, 3.63) is 35.9 Å². The molecule has 0 radical (unpaired) electrons. The van der Waals surface area contributed by atoms with E-state index in [4.69, 9.17) is 0 Å². The second kappa shape index (κ2) is 7.46. The number of nitrogens with one attached hydrogen (secondary N) is 2. The summed E-state index contributed by atoms with van der Waals surface area (Å²) in [4.78, 5) is 15.4. The Bertz CT molecular complexity index is 668. The van der Waals surface area contributed by atoms with E-state index in [0.29, 0.717) is 18.0 Å². The molecule has 4 nitrogen and oxygen atoms in total. The number of hydrazine groups is 1. The molecule has 152 valence electrons. The maximum Gasteiger partial charge on any atom is 0.228 e. The predicted molar refractivity (Wildman–Crippen MR) is 111 cm³/mol. The number of nitrogens with zero attached hydrogens (tertiary/aromatic N) is 1. The van der Waals surface area contributed by atoms with Crippen LogP contribution in [0.3, 0.4) is 0 Å². The van der Waals surface area contributed by atoms with Gasteiger partial charge in [-0.25, -0.2) is 0 Å². The van der Waals surface area contributed by atoms with Gasteiger partial charge in [0.1, 0.15) is 0 Å². The summed E-state index contributed by atoms with van der Waals surface area (Å²) in [6.45, 7) is 0.898. The number of hydrogen-bond acceptors (Lipinski definition) is 3. The molecule has 1 heterocycles. The van der Waals surface area contributed by atoms with Gasteiger partial charge in [0.2, 0.25) is 5.91 Å². The first kappa shape index (κ1) is 18.6. The Morgan fingerprint density at radius 2 is 1.64 bits per heavy atom. The zero-order chi connectivity index (χ0) is 19.1. The van der Waals surface area contributed by atoms with E-state index in [1.807, 2.05) is 7.05 Å². The average Bonchev–Trinajstić information content (AvgIpc) is 3.16. The first-order valence-corrected chi connectivity index (χ1v) is 11.4. The maximum atomic E-state index is 13.4. The summed E-state index contributed by atoms with van der Waals surface area (Å²) < 4.78 is 0. The van der Waals surface area contributed by atoms with E-state index >= 15 is 0 Å². The minimum Gasteiger partial charge on any atom is -0.345 e. The lowest BCUT2D eigenvalue weighted by molar-refractivity contribution is -0.156. The lowest BCUT2D eigenvalue weighted by Crippen LogP contribution is -2.54. The van der Waals surface area contributed by atoms with Crippen molar-refractivity contribution in [2.45, 2.75) is 69.9 Å². The van der Waals surface area contributed by atoms with Crippen molar-refractivity contribution in [3.63, 3.8) is 0 Å². The Kier molecular flexibility index (Phi) is 4.96. The van der Waals surface area contributed by atoms with Crippen LogP contribution in [0.2, 0.25) is 0 Å². The van der Waals surface area contributed by atoms with E-state index in [1.54, 1.807) is 0 Å². The Hall–Kier alpha value is -1.39. The quantitative estimate of drug-likeness (QED) is 0.781. The van der Waals surface area contributed by atoms with E-state index in [-0.39, 0.29) is 5.41 Å². The molecule has 4 saturated carbocycles. The first-order chi connectivity index (χ1) is 13.6. The smallest absolute Gasteiger partial charge is 0.228 e. The molecule has 4 aliphatic carbocycles. The highest BCUT2D eigenvalue weighted by Crippen LogP contribution is 2.60. The van der Waals surface area contributed by atoms with Crippen molar-refractivity contribution < 1.29 is 4.79 Å². The largest absolute Gasteiger partial charge is 0.345 e. The predicted octanol–water partition coefficient (Wildman–Crippen LogP) is 4.05. The minimum atomic E-state index is 0.00900. The van der Waals surface area contributed by atoms with Gasteiger partial charge in [-0.3, -0.25) is 15.6 Å². The number of carbonyl (C=O) groups is 1. The van der Waals surface area contributed by atoms with Crippen LogP contribution in [0.15, 0.2) is 30.3 Å². The number of benzene rings is 1. The molecule has 5 fully saturated rings. The van der Waals surface area contributed by atoms with Gasteiger partial charge in [0, 0.05) is 25.7 Å². The van der Waals surface area contributed by atoms with Gasteiger partial charge in [-0.1, -0.05) is 30.3 Å². The third kappa shape index (κ3) is 3.50. The normalized spacial score (nSPS) is 38.7. The first-order valence-electron chi connectivity index (χ1n) is 11.4. The average molecular weight is 382 g/mol. The molecule has 0 spiro atoms. The molecular formula is C24H35N3O. The second-order valence-corrected chi connectivity index (χ2v) is 10.3. The summed E-state index contributed by atoms with van der Waals surface area (Å²) in [6, 6.07) is 11.6. The van der Waals surface area contributed by atoms with Gasteiger partial charge < -0.3 is 4.90 Å². The van der Waals surface area contributed by atoms with E-state index in [1.165, 1.54) is 44.1 Å². The molecule has 0 aromatic heterocycles. The van der Waals surface area contributed by atoms with Crippen molar-refractivity contribution in [1.82, 2.24) is 15.8 Å². The van der Waals surface area contributed by atoms with Crippen LogP contribution < -0.4 is 10.9 Å². The fourth-order valence-corrected chi connectivity index (χ4v) is 7.17. The number of rotatable bonds is 6. The highest BCUT2D eigenvalue weighted by atomic mass is 16.2. The van der Waals surface area contributed by atoms with Gasteiger partial charge in [0.25, 0.3) is 0 Å². The lowest BCUT2D eigenvalue weighted by atomic mass is 9.49. The van der Waals surface area contributed by atoms with Crippen LogP contribution in [-0.4, -0.2) is 30.4 Å². The van der Waals surface area contributed by atoms with Crippen LogP contribution in [0, 0.1) is 23.2 Å². The van der Waals surface area contributed by atoms with Crippen LogP contribution in [0.5, 0.6) is 0 Å². The number of hydrogen-bond donors (Lipinski definition) is 2. The Morgan fingerprint density at radius 1 is 1.00 bits per heavy atom. The third-order valence-electron chi connectivity index (χ3n) is 8.07. The summed E-state index contributed by atoms with van der Waals surface area (Å²) in [6.07, 6.45) is 11.1. The lowest BCUT2D eigenvalue weighted by Gasteiger charge is -2.56. The van der Waals surface area contributed by atoms with Gasteiger partial charge >= 0.3 is 0 Å². The second-order valence-electron chi connectivity index (χ2n) is 10.3. The van der Waals surface area contributed by atoms with Gasteiger partial charge in [-0.2, -0.15) is 0 Å².